The van der Waals surface area contributed by atoms with Gasteiger partial charge in [-0.25, -0.2) is 4.79 Å². The lowest BCUT2D eigenvalue weighted by atomic mass is 9.88. The Morgan fingerprint density at radius 2 is 1.92 bits per heavy atom. The van der Waals surface area contributed by atoms with Gasteiger partial charge in [0.15, 0.2) is 0 Å². The van der Waals surface area contributed by atoms with Crippen LogP contribution in [0.5, 0.6) is 5.75 Å². The Balaban J connectivity index is 1.70. The van der Waals surface area contributed by atoms with Crippen molar-refractivity contribution < 1.29 is 14.3 Å². The first-order valence-corrected chi connectivity index (χ1v) is 8.80. The molecular formula is C19H19BrN2O3. The van der Waals surface area contributed by atoms with Gasteiger partial charge in [0.1, 0.15) is 17.9 Å². The number of halogens is 1. The van der Waals surface area contributed by atoms with E-state index in [1.807, 2.05) is 55.5 Å². The minimum atomic E-state index is -1.04. The van der Waals surface area contributed by atoms with Crippen molar-refractivity contribution in [3.63, 3.8) is 0 Å². The number of amides is 3. The summed E-state index contributed by atoms with van der Waals surface area (Å²) in [4.78, 5) is 26.4. The first-order valence-electron chi connectivity index (χ1n) is 8.00. The first kappa shape index (κ1) is 17.5. The van der Waals surface area contributed by atoms with E-state index >= 15 is 0 Å². The van der Waals surface area contributed by atoms with Crippen molar-refractivity contribution >= 4 is 27.9 Å². The Kier molecular flexibility index (Phi) is 4.81. The number of rotatable bonds is 5. The van der Waals surface area contributed by atoms with Crippen molar-refractivity contribution in [1.82, 2.24) is 10.2 Å². The highest BCUT2D eigenvalue weighted by atomic mass is 79.9. The summed E-state index contributed by atoms with van der Waals surface area (Å²) in [5, 5.41) is 2.82. The van der Waals surface area contributed by atoms with Crippen LogP contribution in [0, 0.1) is 6.92 Å². The van der Waals surface area contributed by atoms with Crippen molar-refractivity contribution in [1.29, 1.82) is 0 Å². The van der Waals surface area contributed by atoms with Gasteiger partial charge in [0, 0.05) is 4.47 Å². The molecule has 2 aromatic rings. The topological polar surface area (TPSA) is 58.6 Å². The molecule has 0 spiro atoms. The molecule has 1 fully saturated rings. The number of nitrogens with one attached hydrogen (secondary N) is 1. The SMILES string of the molecule is Cc1ccccc1C1(C)NC(=O)N(CCOc2cccc(Br)c2)C1=O. The summed E-state index contributed by atoms with van der Waals surface area (Å²) < 4.78 is 6.55. The van der Waals surface area contributed by atoms with Crippen LogP contribution in [0.4, 0.5) is 4.79 Å². The van der Waals surface area contributed by atoms with E-state index in [4.69, 9.17) is 4.74 Å². The molecule has 130 valence electrons. The second-order valence-corrected chi connectivity index (χ2v) is 7.05. The fraction of sp³-hybridized carbons (Fsp3) is 0.263. The predicted octanol–water partition coefficient (Wildman–Crippen LogP) is 3.60. The summed E-state index contributed by atoms with van der Waals surface area (Å²) in [6.07, 6.45) is 0. The smallest absolute Gasteiger partial charge is 0.325 e. The van der Waals surface area contributed by atoms with Crippen molar-refractivity contribution in [2.24, 2.45) is 0 Å². The number of hydrogen-bond donors (Lipinski definition) is 1. The highest BCUT2D eigenvalue weighted by molar-refractivity contribution is 9.10. The van der Waals surface area contributed by atoms with Crippen LogP contribution >= 0.6 is 15.9 Å². The molecule has 1 saturated heterocycles. The van der Waals surface area contributed by atoms with Crippen molar-refractivity contribution in [2.75, 3.05) is 13.2 Å². The van der Waals surface area contributed by atoms with E-state index in [0.29, 0.717) is 5.75 Å². The number of carbonyl (C=O) groups is 2. The van der Waals surface area contributed by atoms with E-state index in [9.17, 15) is 9.59 Å². The summed E-state index contributed by atoms with van der Waals surface area (Å²) in [7, 11) is 0. The maximum absolute atomic E-state index is 12.9. The van der Waals surface area contributed by atoms with E-state index in [1.54, 1.807) is 6.92 Å². The summed E-state index contributed by atoms with van der Waals surface area (Å²) in [6, 6.07) is 14.6. The number of ether oxygens (including phenoxy) is 1. The zero-order valence-electron chi connectivity index (χ0n) is 14.1. The number of imide groups is 1. The quantitative estimate of drug-likeness (QED) is 0.777. The molecule has 0 saturated carbocycles. The van der Waals surface area contributed by atoms with Gasteiger partial charge in [-0.1, -0.05) is 46.3 Å². The summed E-state index contributed by atoms with van der Waals surface area (Å²) >= 11 is 3.38. The maximum atomic E-state index is 12.9. The Morgan fingerprint density at radius 3 is 2.64 bits per heavy atom. The third kappa shape index (κ3) is 3.39. The monoisotopic (exact) mass is 402 g/mol. The van der Waals surface area contributed by atoms with E-state index in [-0.39, 0.29) is 19.1 Å². The number of urea groups is 1. The Bertz CT molecular complexity index is 824. The van der Waals surface area contributed by atoms with Gasteiger partial charge in [-0.15, -0.1) is 0 Å². The molecule has 1 heterocycles. The van der Waals surface area contributed by atoms with Crippen LogP contribution in [0.3, 0.4) is 0 Å². The van der Waals surface area contributed by atoms with Crippen LogP contribution in [-0.2, 0) is 10.3 Å². The molecule has 2 aromatic carbocycles. The maximum Gasteiger partial charge on any atom is 0.325 e. The summed E-state index contributed by atoms with van der Waals surface area (Å²) in [6.45, 7) is 4.10. The Labute approximate surface area is 155 Å². The molecule has 3 rings (SSSR count). The fourth-order valence-electron chi connectivity index (χ4n) is 3.03. The zero-order valence-corrected chi connectivity index (χ0v) is 15.7. The third-order valence-electron chi connectivity index (χ3n) is 4.34. The van der Waals surface area contributed by atoms with E-state index < -0.39 is 11.6 Å². The molecule has 0 aliphatic carbocycles. The number of carbonyl (C=O) groups excluding carboxylic acids is 2. The predicted molar refractivity (Wildman–Crippen MR) is 98.4 cm³/mol. The second kappa shape index (κ2) is 6.88. The van der Waals surface area contributed by atoms with Crippen molar-refractivity contribution in [3.05, 3.63) is 64.1 Å². The average molecular weight is 403 g/mol. The van der Waals surface area contributed by atoms with E-state index in [0.717, 1.165) is 15.6 Å². The number of nitrogens with zero attached hydrogens (tertiary/aromatic N) is 1. The third-order valence-corrected chi connectivity index (χ3v) is 4.83. The number of aryl methyl sites for hydroxylation is 1. The molecule has 3 amide bonds. The van der Waals surface area contributed by atoms with Crippen molar-refractivity contribution in [3.8, 4) is 5.75 Å². The fourth-order valence-corrected chi connectivity index (χ4v) is 3.41. The minimum absolute atomic E-state index is 0.193. The summed E-state index contributed by atoms with van der Waals surface area (Å²) in [5.74, 6) is 0.424. The minimum Gasteiger partial charge on any atom is -0.492 e. The highest BCUT2D eigenvalue weighted by Crippen LogP contribution is 2.30. The summed E-state index contributed by atoms with van der Waals surface area (Å²) in [5.41, 5.74) is 0.729. The molecule has 1 aliphatic rings. The average Bonchev–Trinajstić information content (AvgIpc) is 2.79. The van der Waals surface area contributed by atoms with Crippen LogP contribution in [0.15, 0.2) is 53.0 Å². The van der Waals surface area contributed by atoms with Gasteiger partial charge in [-0.3, -0.25) is 9.69 Å². The number of benzene rings is 2. The van der Waals surface area contributed by atoms with Gasteiger partial charge in [-0.2, -0.15) is 0 Å². The van der Waals surface area contributed by atoms with Gasteiger partial charge < -0.3 is 10.1 Å². The highest BCUT2D eigenvalue weighted by Gasteiger charge is 2.49. The first-order chi connectivity index (χ1) is 11.9. The van der Waals surface area contributed by atoms with Gasteiger partial charge in [0.2, 0.25) is 0 Å². The van der Waals surface area contributed by atoms with Crippen LogP contribution in [-0.4, -0.2) is 30.0 Å². The van der Waals surface area contributed by atoms with Crippen molar-refractivity contribution in [2.45, 2.75) is 19.4 Å². The van der Waals surface area contributed by atoms with Crippen LogP contribution < -0.4 is 10.1 Å². The van der Waals surface area contributed by atoms with Gasteiger partial charge >= 0.3 is 6.03 Å². The second-order valence-electron chi connectivity index (χ2n) is 6.13. The molecule has 0 bridgehead atoms. The standard InChI is InChI=1S/C19H19BrN2O3/c1-13-6-3-4-9-16(13)19(2)17(23)22(18(24)21-19)10-11-25-15-8-5-7-14(20)12-15/h3-9,12H,10-11H2,1-2H3,(H,21,24). The molecule has 6 heteroatoms. The molecule has 1 aliphatic heterocycles. The molecular weight excluding hydrogens is 384 g/mol. The Hall–Kier alpha value is -2.34. The zero-order chi connectivity index (χ0) is 18.0. The molecule has 0 radical (unpaired) electrons. The molecule has 0 aromatic heterocycles. The Morgan fingerprint density at radius 1 is 1.16 bits per heavy atom. The van der Waals surface area contributed by atoms with E-state index in [2.05, 4.69) is 21.2 Å². The molecule has 5 nitrogen and oxygen atoms in total. The lowest BCUT2D eigenvalue weighted by Crippen LogP contribution is -2.41. The van der Waals surface area contributed by atoms with Gasteiger partial charge in [-0.05, 0) is 43.2 Å². The van der Waals surface area contributed by atoms with Crippen LogP contribution in [0.25, 0.3) is 0 Å². The lowest BCUT2D eigenvalue weighted by molar-refractivity contribution is -0.131. The normalized spacial score (nSPS) is 19.9. The van der Waals surface area contributed by atoms with Crippen LogP contribution in [0.2, 0.25) is 0 Å². The molecule has 1 unspecified atom stereocenters. The lowest BCUT2D eigenvalue weighted by Gasteiger charge is -2.24. The molecule has 1 atom stereocenters. The van der Waals surface area contributed by atoms with Crippen LogP contribution in [0.1, 0.15) is 18.1 Å². The molecule has 1 N–H and O–H groups in total. The number of hydrogen-bond acceptors (Lipinski definition) is 3. The van der Waals surface area contributed by atoms with E-state index in [1.165, 1.54) is 4.90 Å². The van der Waals surface area contributed by atoms with Gasteiger partial charge in [0.25, 0.3) is 5.91 Å². The van der Waals surface area contributed by atoms with Gasteiger partial charge in [0.05, 0.1) is 6.54 Å². The largest absolute Gasteiger partial charge is 0.492 e. The molecule has 25 heavy (non-hydrogen) atoms.